The molecule has 2 aromatic heterocycles. The van der Waals surface area contributed by atoms with Crippen molar-refractivity contribution in [3.63, 3.8) is 0 Å². The number of rotatable bonds is 5. The molecule has 10 nitrogen and oxygen atoms in total. The van der Waals surface area contributed by atoms with Gasteiger partial charge in [0.25, 0.3) is 0 Å². The second-order valence-electron chi connectivity index (χ2n) is 8.60. The molecule has 192 valence electrons. The van der Waals surface area contributed by atoms with E-state index in [1.54, 1.807) is 30.3 Å². The van der Waals surface area contributed by atoms with Crippen LogP contribution in [0.2, 0.25) is 0 Å². The Morgan fingerprint density at radius 2 is 1.71 bits per heavy atom. The largest absolute Gasteiger partial charge is 0.507 e. The van der Waals surface area contributed by atoms with Crippen molar-refractivity contribution in [1.29, 1.82) is 0 Å². The molecule has 0 aliphatic rings. The average molecular weight is 515 g/mol. The van der Waals surface area contributed by atoms with Crippen LogP contribution in [0.1, 0.15) is 23.5 Å². The highest BCUT2D eigenvalue weighted by Gasteiger charge is 2.30. The molecular formula is C28H21NO9. The third-order valence-electron chi connectivity index (χ3n) is 6.38. The number of nitrogens with zero attached hydrogens (tertiary/aromatic N) is 1. The number of aromatic hydroxyl groups is 5. The first-order chi connectivity index (χ1) is 18.2. The fourth-order valence-corrected chi connectivity index (χ4v) is 4.58. The predicted octanol–water partition coefficient (Wildman–Crippen LogP) is 4.23. The predicted molar refractivity (Wildman–Crippen MR) is 136 cm³/mol. The van der Waals surface area contributed by atoms with Crippen LogP contribution in [-0.4, -0.2) is 43.6 Å². The number of ether oxygens (including phenoxy) is 1. The molecule has 0 saturated heterocycles. The molecular weight excluding hydrogens is 494 g/mol. The zero-order chi connectivity index (χ0) is 27.1. The molecule has 5 rings (SSSR count). The van der Waals surface area contributed by atoms with Crippen molar-refractivity contribution < 1.29 is 39.5 Å². The summed E-state index contributed by atoms with van der Waals surface area (Å²) in [5, 5.41) is 52.2. The first kappa shape index (κ1) is 24.4. The maximum absolute atomic E-state index is 13.2. The van der Waals surface area contributed by atoms with Crippen LogP contribution in [0.25, 0.3) is 33.2 Å². The molecule has 3 aromatic carbocycles. The molecule has 1 unspecified atom stereocenters. The monoisotopic (exact) mass is 515 g/mol. The minimum Gasteiger partial charge on any atom is -0.507 e. The summed E-state index contributed by atoms with van der Waals surface area (Å²) < 4.78 is 10.8. The van der Waals surface area contributed by atoms with Gasteiger partial charge in [-0.25, -0.2) is 0 Å². The molecule has 2 heterocycles. The van der Waals surface area contributed by atoms with E-state index in [4.69, 9.17) is 9.15 Å². The van der Waals surface area contributed by atoms with Crippen LogP contribution in [0.4, 0.5) is 0 Å². The Bertz CT molecular complexity index is 1790. The lowest BCUT2D eigenvalue weighted by Crippen LogP contribution is -2.13. The number of para-hydroxylation sites is 1. The van der Waals surface area contributed by atoms with E-state index < -0.39 is 51.4 Å². The highest BCUT2D eigenvalue weighted by molar-refractivity contribution is 5.93. The van der Waals surface area contributed by atoms with E-state index in [9.17, 15) is 35.1 Å². The number of phenols is 4. The maximum atomic E-state index is 13.2. The lowest BCUT2D eigenvalue weighted by molar-refractivity contribution is -0.140. The first-order valence-corrected chi connectivity index (χ1v) is 11.4. The van der Waals surface area contributed by atoms with E-state index >= 15 is 0 Å². The molecule has 0 radical (unpaired) electrons. The number of benzene rings is 3. The van der Waals surface area contributed by atoms with Crippen molar-refractivity contribution in [2.24, 2.45) is 0 Å². The zero-order valence-electron chi connectivity index (χ0n) is 19.9. The normalized spacial score (nSPS) is 12.0. The smallest absolute Gasteiger partial charge is 0.306 e. The minimum absolute atomic E-state index is 0.0131. The number of hydrogen-bond acceptors (Lipinski definition) is 10. The molecule has 0 saturated carbocycles. The number of carbonyl (C=O) groups excluding carboxylic acids is 1. The second-order valence-corrected chi connectivity index (χ2v) is 8.60. The summed E-state index contributed by atoms with van der Waals surface area (Å²) >= 11 is 0. The lowest BCUT2D eigenvalue weighted by atomic mass is 9.85. The van der Waals surface area contributed by atoms with Gasteiger partial charge in [0.2, 0.25) is 11.2 Å². The van der Waals surface area contributed by atoms with E-state index in [2.05, 4.69) is 4.98 Å². The minimum atomic E-state index is -1.01. The molecule has 0 spiro atoms. The van der Waals surface area contributed by atoms with Gasteiger partial charge in [-0.15, -0.1) is 0 Å². The quantitative estimate of drug-likeness (QED) is 0.168. The van der Waals surface area contributed by atoms with Gasteiger partial charge < -0.3 is 34.7 Å². The number of carbonyl (C=O) groups is 1. The summed E-state index contributed by atoms with van der Waals surface area (Å²) in [6.07, 6.45) is 1.26. The van der Waals surface area contributed by atoms with Crippen LogP contribution < -0.4 is 5.43 Å². The van der Waals surface area contributed by atoms with Gasteiger partial charge in [-0.3, -0.25) is 14.6 Å². The van der Waals surface area contributed by atoms with Gasteiger partial charge in [0, 0.05) is 34.7 Å². The molecule has 5 N–H and O–H groups in total. The first-order valence-electron chi connectivity index (χ1n) is 11.4. The van der Waals surface area contributed by atoms with E-state index in [0.29, 0.717) is 16.5 Å². The van der Waals surface area contributed by atoms with Gasteiger partial charge in [0.1, 0.15) is 22.5 Å². The Morgan fingerprint density at radius 3 is 2.45 bits per heavy atom. The molecule has 5 aromatic rings. The van der Waals surface area contributed by atoms with Crippen LogP contribution in [0.15, 0.2) is 70.0 Å². The van der Waals surface area contributed by atoms with Crippen LogP contribution in [0, 0.1) is 0 Å². The molecule has 0 aliphatic heterocycles. The summed E-state index contributed by atoms with van der Waals surface area (Å²) in [5.41, 5.74) is -0.110. The van der Waals surface area contributed by atoms with E-state index in [1.807, 2.05) is 0 Å². The van der Waals surface area contributed by atoms with Crippen molar-refractivity contribution in [2.45, 2.75) is 12.3 Å². The highest BCUT2D eigenvalue weighted by Crippen LogP contribution is 2.46. The van der Waals surface area contributed by atoms with E-state index in [0.717, 1.165) is 18.2 Å². The van der Waals surface area contributed by atoms with Gasteiger partial charge in [-0.2, -0.15) is 0 Å². The standard InChI is InChI=1S/C28H21NO9/c1-37-22(34)11-16(14-8-9-29-17-5-3-2-4-15(14)17)23-20(32)12-21(33)24-25(35)26(36)27(38-28(23)24)13-6-7-18(30)19(31)10-13/h2-10,12,16,30-33,36H,11H2,1H3. The Balaban J connectivity index is 1.88. The topological polar surface area (TPSA) is 171 Å². The Kier molecular flexibility index (Phi) is 6.00. The maximum Gasteiger partial charge on any atom is 0.306 e. The number of aromatic nitrogens is 1. The van der Waals surface area contributed by atoms with Gasteiger partial charge >= 0.3 is 5.97 Å². The summed E-state index contributed by atoms with van der Waals surface area (Å²) in [6.45, 7) is 0. The van der Waals surface area contributed by atoms with Crippen molar-refractivity contribution in [1.82, 2.24) is 4.98 Å². The van der Waals surface area contributed by atoms with E-state index in [-0.39, 0.29) is 28.9 Å². The second kappa shape index (κ2) is 9.32. The molecule has 1 atom stereocenters. The summed E-state index contributed by atoms with van der Waals surface area (Å²) in [7, 11) is 1.21. The summed E-state index contributed by atoms with van der Waals surface area (Å²) in [6, 6.07) is 13.2. The number of esters is 1. The molecule has 0 amide bonds. The molecule has 10 heteroatoms. The van der Waals surface area contributed by atoms with Gasteiger partial charge in [0.05, 0.1) is 19.0 Å². The van der Waals surface area contributed by atoms with Crippen LogP contribution >= 0.6 is 0 Å². The molecule has 0 aliphatic carbocycles. The van der Waals surface area contributed by atoms with Crippen LogP contribution in [-0.2, 0) is 9.53 Å². The SMILES string of the molecule is COC(=O)CC(c1ccnc2ccccc12)c1c(O)cc(O)c2c(=O)c(O)c(-c3ccc(O)c(O)c3)oc12. The van der Waals surface area contributed by atoms with Crippen molar-refractivity contribution in [3.8, 4) is 40.1 Å². The number of fused-ring (bicyclic) bond motifs is 2. The summed E-state index contributed by atoms with van der Waals surface area (Å²) in [4.78, 5) is 30.1. The van der Waals surface area contributed by atoms with Gasteiger partial charge in [0.15, 0.2) is 17.3 Å². The number of phenolic OH excluding ortho intramolecular Hbond substituents is 4. The Labute approximate surface area is 214 Å². The molecule has 38 heavy (non-hydrogen) atoms. The fraction of sp³-hybridized carbons (Fsp3) is 0.107. The Hall–Kier alpha value is -5.25. The fourth-order valence-electron chi connectivity index (χ4n) is 4.58. The van der Waals surface area contributed by atoms with Crippen LogP contribution in [0.5, 0.6) is 28.7 Å². The Morgan fingerprint density at radius 1 is 0.947 bits per heavy atom. The third-order valence-corrected chi connectivity index (χ3v) is 6.38. The van der Waals surface area contributed by atoms with E-state index in [1.165, 1.54) is 19.4 Å². The van der Waals surface area contributed by atoms with Gasteiger partial charge in [-0.1, -0.05) is 18.2 Å². The highest BCUT2D eigenvalue weighted by atomic mass is 16.5. The zero-order valence-corrected chi connectivity index (χ0v) is 19.9. The molecule has 0 bridgehead atoms. The third kappa shape index (κ3) is 3.97. The number of pyridine rings is 1. The van der Waals surface area contributed by atoms with Crippen molar-refractivity contribution in [3.05, 3.63) is 82.1 Å². The summed E-state index contributed by atoms with van der Waals surface area (Å²) in [5.74, 6) is -4.91. The van der Waals surface area contributed by atoms with Crippen molar-refractivity contribution in [2.75, 3.05) is 7.11 Å². The van der Waals surface area contributed by atoms with Gasteiger partial charge in [-0.05, 0) is 35.9 Å². The lowest BCUT2D eigenvalue weighted by Gasteiger charge is -2.21. The number of methoxy groups -OCH3 is 1. The van der Waals surface area contributed by atoms with Crippen molar-refractivity contribution >= 4 is 27.8 Å². The number of hydrogen-bond donors (Lipinski definition) is 5. The van der Waals surface area contributed by atoms with Crippen LogP contribution in [0.3, 0.4) is 0 Å². The average Bonchev–Trinajstić information content (AvgIpc) is 2.90. The molecule has 0 fully saturated rings.